The summed E-state index contributed by atoms with van der Waals surface area (Å²) < 4.78 is 37.1. The van der Waals surface area contributed by atoms with Crippen LogP contribution in [0.1, 0.15) is 19.4 Å². The quantitative estimate of drug-likeness (QED) is 0.883. The Morgan fingerprint density at radius 3 is 2.61 bits per heavy atom. The first-order valence-electron chi connectivity index (χ1n) is 5.74. The average molecular weight is 261 g/mol. The van der Waals surface area contributed by atoms with Gasteiger partial charge in [-0.05, 0) is 6.07 Å². The van der Waals surface area contributed by atoms with Crippen LogP contribution < -0.4 is 10.2 Å². The Morgan fingerprint density at radius 1 is 1.39 bits per heavy atom. The molecule has 0 bridgehead atoms. The first-order valence-corrected chi connectivity index (χ1v) is 5.74. The third-order valence-corrected chi connectivity index (χ3v) is 2.41. The summed E-state index contributed by atoms with van der Waals surface area (Å²) in [5.74, 6) is 0. The fourth-order valence-corrected chi connectivity index (χ4v) is 1.60. The number of nitrogens with zero attached hydrogens (tertiary/aromatic N) is 2. The summed E-state index contributed by atoms with van der Waals surface area (Å²) in [6.07, 6.45) is -1.11. The Morgan fingerprint density at radius 2 is 2.06 bits per heavy atom. The molecule has 0 radical (unpaired) electrons. The highest BCUT2D eigenvalue weighted by molar-refractivity contribution is 5.51. The second kappa shape index (κ2) is 6.04. The lowest BCUT2D eigenvalue weighted by Crippen LogP contribution is -2.32. The van der Waals surface area contributed by atoms with Crippen molar-refractivity contribution in [1.29, 1.82) is 0 Å². The zero-order valence-electron chi connectivity index (χ0n) is 10.8. The van der Waals surface area contributed by atoms with Crippen LogP contribution in [0.2, 0.25) is 0 Å². The standard InChI is InChI=1S/C12H18F3N3/c1-9(2)17-7-10-6-16-5-4-11(10)18(3)8-12(13,14)15/h4-6,9,17H,7-8H2,1-3H3. The van der Waals surface area contributed by atoms with Crippen molar-refractivity contribution in [2.75, 3.05) is 18.5 Å². The number of nitrogens with one attached hydrogen (secondary N) is 1. The number of hydrogen-bond acceptors (Lipinski definition) is 3. The minimum Gasteiger partial charge on any atom is -0.365 e. The molecule has 1 aromatic heterocycles. The van der Waals surface area contributed by atoms with Crippen LogP contribution in [-0.2, 0) is 6.54 Å². The first-order chi connectivity index (χ1) is 8.29. The number of anilines is 1. The monoisotopic (exact) mass is 261 g/mol. The SMILES string of the molecule is CC(C)NCc1cnccc1N(C)CC(F)(F)F. The van der Waals surface area contributed by atoms with E-state index >= 15 is 0 Å². The van der Waals surface area contributed by atoms with E-state index in [2.05, 4.69) is 10.3 Å². The molecule has 0 atom stereocenters. The molecule has 0 fully saturated rings. The van der Waals surface area contributed by atoms with Gasteiger partial charge in [0.25, 0.3) is 0 Å². The van der Waals surface area contributed by atoms with E-state index in [-0.39, 0.29) is 6.04 Å². The van der Waals surface area contributed by atoms with E-state index in [4.69, 9.17) is 0 Å². The average Bonchev–Trinajstić information content (AvgIpc) is 2.24. The Hall–Kier alpha value is -1.30. The maximum atomic E-state index is 12.4. The molecule has 1 N–H and O–H groups in total. The fraction of sp³-hybridized carbons (Fsp3) is 0.583. The molecular weight excluding hydrogens is 243 g/mol. The van der Waals surface area contributed by atoms with E-state index < -0.39 is 12.7 Å². The summed E-state index contributed by atoms with van der Waals surface area (Å²) in [5, 5.41) is 3.17. The zero-order valence-corrected chi connectivity index (χ0v) is 10.8. The van der Waals surface area contributed by atoms with Crippen molar-refractivity contribution in [3.05, 3.63) is 24.0 Å². The lowest BCUT2D eigenvalue weighted by atomic mass is 10.2. The Balaban J connectivity index is 2.80. The molecule has 0 aromatic carbocycles. The Bertz CT molecular complexity index is 377. The van der Waals surface area contributed by atoms with Crippen molar-refractivity contribution >= 4 is 5.69 Å². The first kappa shape index (κ1) is 14.8. The normalized spacial score (nSPS) is 11.9. The Labute approximate surface area is 105 Å². The minimum atomic E-state index is -4.21. The van der Waals surface area contributed by atoms with Gasteiger partial charge in [0.1, 0.15) is 6.54 Å². The van der Waals surface area contributed by atoms with E-state index in [1.807, 2.05) is 13.8 Å². The lowest BCUT2D eigenvalue weighted by Gasteiger charge is -2.23. The van der Waals surface area contributed by atoms with Crippen LogP contribution in [-0.4, -0.2) is 30.8 Å². The van der Waals surface area contributed by atoms with Crippen molar-refractivity contribution in [3.8, 4) is 0 Å². The highest BCUT2D eigenvalue weighted by Crippen LogP contribution is 2.23. The van der Waals surface area contributed by atoms with Crippen molar-refractivity contribution in [2.45, 2.75) is 32.6 Å². The maximum Gasteiger partial charge on any atom is 0.405 e. The summed E-state index contributed by atoms with van der Waals surface area (Å²) >= 11 is 0. The predicted molar refractivity (Wildman–Crippen MR) is 65.5 cm³/mol. The third-order valence-electron chi connectivity index (χ3n) is 2.41. The van der Waals surface area contributed by atoms with Crippen LogP contribution in [0.4, 0.5) is 18.9 Å². The van der Waals surface area contributed by atoms with Crippen LogP contribution in [0, 0.1) is 0 Å². The molecule has 1 rings (SSSR count). The van der Waals surface area contributed by atoms with Gasteiger partial charge in [0.05, 0.1) is 0 Å². The second-order valence-electron chi connectivity index (χ2n) is 4.51. The molecular formula is C12H18F3N3. The molecule has 3 nitrogen and oxygen atoms in total. The number of halogens is 3. The van der Waals surface area contributed by atoms with Gasteiger partial charge in [0.15, 0.2) is 0 Å². The van der Waals surface area contributed by atoms with Crippen LogP contribution >= 0.6 is 0 Å². The molecule has 0 aliphatic rings. The van der Waals surface area contributed by atoms with Gasteiger partial charge in [-0.1, -0.05) is 13.8 Å². The van der Waals surface area contributed by atoms with Gasteiger partial charge in [-0.15, -0.1) is 0 Å². The number of rotatable bonds is 5. The smallest absolute Gasteiger partial charge is 0.365 e. The molecule has 0 aliphatic heterocycles. The lowest BCUT2D eigenvalue weighted by molar-refractivity contribution is -0.119. The van der Waals surface area contributed by atoms with E-state index in [0.717, 1.165) is 5.56 Å². The molecule has 0 spiro atoms. The molecule has 1 heterocycles. The topological polar surface area (TPSA) is 28.2 Å². The second-order valence-corrected chi connectivity index (χ2v) is 4.51. The van der Waals surface area contributed by atoms with Crippen LogP contribution in [0.15, 0.2) is 18.5 Å². The van der Waals surface area contributed by atoms with Crippen LogP contribution in [0.5, 0.6) is 0 Å². The Kier molecular flexibility index (Phi) is 4.95. The van der Waals surface area contributed by atoms with E-state index in [1.165, 1.54) is 18.1 Å². The highest BCUT2D eigenvalue weighted by Gasteiger charge is 2.29. The van der Waals surface area contributed by atoms with Gasteiger partial charge >= 0.3 is 6.18 Å². The van der Waals surface area contributed by atoms with Crippen molar-refractivity contribution < 1.29 is 13.2 Å². The molecule has 0 amide bonds. The minimum absolute atomic E-state index is 0.269. The molecule has 0 saturated carbocycles. The summed E-state index contributed by atoms with van der Waals surface area (Å²) in [4.78, 5) is 5.15. The molecule has 1 aromatic rings. The molecule has 6 heteroatoms. The van der Waals surface area contributed by atoms with Gasteiger partial charge in [-0.3, -0.25) is 4.98 Å². The fourth-order valence-electron chi connectivity index (χ4n) is 1.60. The molecule has 0 aliphatic carbocycles. The van der Waals surface area contributed by atoms with Gasteiger partial charge in [0, 0.05) is 43.3 Å². The van der Waals surface area contributed by atoms with Crippen molar-refractivity contribution in [1.82, 2.24) is 10.3 Å². The molecule has 102 valence electrons. The number of hydrogen-bond donors (Lipinski definition) is 1. The van der Waals surface area contributed by atoms with Gasteiger partial charge in [-0.2, -0.15) is 13.2 Å². The van der Waals surface area contributed by atoms with Gasteiger partial charge in [0.2, 0.25) is 0 Å². The van der Waals surface area contributed by atoms with E-state index in [0.29, 0.717) is 12.2 Å². The number of alkyl halides is 3. The van der Waals surface area contributed by atoms with Gasteiger partial charge in [-0.25, -0.2) is 0 Å². The van der Waals surface area contributed by atoms with Crippen LogP contribution in [0.3, 0.4) is 0 Å². The maximum absolute atomic E-state index is 12.4. The summed E-state index contributed by atoms with van der Waals surface area (Å²) in [6.45, 7) is 3.50. The van der Waals surface area contributed by atoms with Gasteiger partial charge < -0.3 is 10.2 Å². The predicted octanol–water partition coefficient (Wildman–Crippen LogP) is 2.58. The van der Waals surface area contributed by atoms with Crippen molar-refractivity contribution in [2.24, 2.45) is 0 Å². The zero-order chi connectivity index (χ0) is 13.8. The summed E-state index contributed by atoms with van der Waals surface area (Å²) in [7, 11) is 1.43. The van der Waals surface area contributed by atoms with E-state index in [9.17, 15) is 13.2 Å². The van der Waals surface area contributed by atoms with E-state index in [1.54, 1.807) is 12.3 Å². The molecule has 0 saturated heterocycles. The summed E-state index contributed by atoms with van der Waals surface area (Å²) in [6, 6.07) is 1.87. The summed E-state index contributed by atoms with van der Waals surface area (Å²) in [5.41, 5.74) is 1.31. The van der Waals surface area contributed by atoms with Crippen LogP contribution in [0.25, 0.3) is 0 Å². The number of pyridine rings is 1. The highest BCUT2D eigenvalue weighted by atomic mass is 19.4. The number of aromatic nitrogens is 1. The third kappa shape index (κ3) is 4.91. The molecule has 18 heavy (non-hydrogen) atoms. The largest absolute Gasteiger partial charge is 0.405 e. The van der Waals surface area contributed by atoms with Crippen molar-refractivity contribution in [3.63, 3.8) is 0 Å². The molecule has 0 unspecified atom stereocenters.